The van der Waals surface area contributed by atoms with Crippen molar-refractivity contribution in [3.05, 3.63) is 33.9 Å². The number of nitro benzene ring substituents is 1. The largest absolute Gasteiger partial charge is 0.416 e. The topological polar surface area (TPSA) is 81.2 Å². The van der Waals surface area contributed by atoms with Crippen LogP contribution in [0, 0.1) is 10.1 Å². The minimum Gasteiger partial charge on any atom is -0.378 e. The van der Waals surface area contributed by atoms with E-state index in [0.29, 0.717) is 6.07 Å². The fourth-order valence-electron chi connectivity index (χ4n) is 1.28. The van der Waals surface area contributed by atoms with Crippen LogP contribution in [0.15, 0.2) is 18.2 Å². The first-order valence-electron chi connectivity index (χ1n) is 5.07. The Balaban J connectivity index is 3.09. The normalized spacial score (nSPS) is 13.2. The van der Waals surface area contributed by atoms with Gasteiger partial charge in [0, 0.05) is 18.7 Å². The maximum atomic E-state index is 12.4. The third kappa shape index (κ3) is 3.59. The van der Waals surface area contributed by atoms with Gasteiger partial charge in [-0.15, -0.1) is 0 Å². The van der Waals surface area contributed by atoms with Gasteiger partial charge in [-0.05, 0) is 19.1 Å². The van der Waals surface area contributed by atoms with E-state index in [-0.39, 0.29) is 18.3 Å². The summed E-state index contributed by atoms with van der Waals surface area (Å²) in [5, 5.41) is 13.4. The summed E-state index contributed by atoms with van der Waals surface area (Å²) in [4.78, 5) is 9.85. The number of rotatable bonds is 4. The molecule has 0 bridgehead atoms. The molecule has 0 saturated carbocycles. The average molecular weight is 263 g/mol. The SMILES string of the molecule is CC(N)CNc1ccc(C(F)(F)F)cc1[N+](=O)[O-]. The number of hydrogen-bond donors (Lipinski definition) is 2. The van der Waals surface area contributed by atoms with Crippen molar-refractivity contribution in [2.45, 2.75) is 19.1 Å². The van der Waals surface area contributed by atoms with Gasteiger partial charge in [0.25, 0.3) is 5.69 Å². The average Bonchev–Trinajstić information content (AvgIpc) is 2.24. The summed E-state index contributed by atoms with van der Waals surface area (Å²) in [6, 6.07) is 2.05. The van der Waals surface area contributed by atoms with Gasteiger partial charge in [0.05, 0.1) is 10.5 Å². The van der Waals surface area contributed by atoms with E-state index < -0.39 is 22.4 Å². The molecule has 0 fully saturated rings. The van der Waals surface area contributed by atoms with Gasteiger partial charge in [-0.1, -0.05) is 0 Å². The summed E-state index contributed by atoms with van der Waals surface area (Å²) in [6.45, 7) is 1.90. The predicted molar refractivity (Wildman–Crippen MR) is 60.2 cm³/mol. The molecule has 18 heavy (non-hydrogen) atoms. The van der Waals surface area contributed by atoms with Crippen molar-refractivity contribution < 1.29 is 18.1 Å². The second-order valence-electron chi connectivity index (χ2n) is 3.84. The summed E-state index contributed by atoms with van der Waals surface area (Å²) in [6.07, 6.45) is -4.61. The van der Waals surface area contributed by atoms with Crippen LogP contribution < -0.4 is 11.1 Å². The second-order valence-corrected chi connectivity index (χ2v) is 3.84. The van der Waals surface area contributed by atoms with Crippen LogP contribution in [0.5, 0.6) is 0 Å². The van der Waals surface area contributed by atoms with E-state index in [1.165, 1.54) is 0 Å². The summed E-state index contributed by atoms with van der Waals surface area (Å²) in [5.74, 6) is 0. The highest BCUT2D eigenvalue weighted by atomic mass is 19.4. The third-order valence-electron chi connectivity index (χ3n) is 2.14. The molecule has 0 heterocycles. The molecule has 0 saturated heterocycles. The molecule has 1 unspecified atom stereocenters. The first kappa shape index (κ1) is 14.2. The van der Waals surface area contributed by atoms with Gasteiger partial charge < -0.3 is 11.1 Å². The molecule has 100 valence electrons. The molecule has 1 aromatic carbocycles. The van der Waals surface area contributed by atoms with E-state index in [1.807, 2.05) is 0 Å². The molecule has 0 radical (unpaired) electrons. The maximum Gasteiger partial charge on any atom is 0.416 e. The summed E-state index contributed by atoms with van der Waals surface area (Å²) < 4.78 is 37.2. The molecule has 8 heteroatoms. The Hall–Kier alpha value is -1.83. The zero-order valence-electron chi connectivity index (χ0n) is 9.49. The predicted octanol–water partition coefficient (Wildman–Crippen LogP) is 2.37. The quantitative estimate of drug-likeness (QED) is 0.645. The Bertz CT molecular complexity index is 446. The molecule has 1 aromatic rings. The number of nitrogens with one attached hydrogen (secondary N) is 1. The van der Waals surface area contributed by atoms with Gasteiger partial charge in [-0.3, -0.25) is 10.1 Å². The molecular weight excluding hydrogens is 251 g/mol. The monoisotopic (exact) mass is 263 g/mol. The van der Waals surface area contributed by atoms with Crippen molar-refractivity contribution in [1.29, 1.82) is 0 Å². The molecular formula is C10H12F3N3O2. The lowest BCUT2D eigenvalue weighted by atomic mass is 10.1. The van der Waals surface area contributed by atoms with Crippen LogP contribution in [0.25, 0.3) is 0 Å². The molecule has 0 aliphatic rings. The Morgan fingerprint density at radius 1 is 1.50 bits per heavy atom. The molecule has 5 nitrogen and oxygen atoms in total. The minimum atomic E-state index is -4.61. The van der Waals surface area contributed by atoms with E-state index in [4.69, 9.17) is 5.73 Å². The van der Waals surface area contributed by atoms with Crippen LogP contribution in [0.3, 0.4) is 0 Å². The third-order valence-corrected chi connectivity index (χ3v) is 2.14. The molecule has 0 aromatic heterocycles. The van der Waals surface area contributed by atoms with E-state index >= 15 is 0 Å². The van der Waals surface area contributed by atoms with Crippen LogP contribution in [0.1, 0.15) is 12.5 Å². The van der Waals surface area contributed by atoms with Crippen LogP contribution in [0.2, 0.25) is 0 Å². The van der Waals surface area contributed by atoms with Crippen LogP contribution >= 0.6 is 0 Å². The Morgan fingerprint density at radius 3 is 2.56 bits per heavy atom. The van der Waals surface area contributed by atoms with Crippen molar-refractivity contribution >= 4 is 11.4 Å². The number of alkyl halides is 3. The highest BCUT2D eigenvalue weighted by molar-refractivity contribution is 5.63. The van der Waals surface area contributed by atoms with Gasteiger partial charge in [0.2, 0.25) is 0 Å². The highest BCUT2D eigenvalue weighted by Crippen LogP contribution is 2.34. The molecule has 3 N–H and O–H groups in total. The van der Waals surface area contributed by atoms with Crippen molar-refractivity contribution in [3.63, 3.8) is 0 Å². The van der Waals surface area contributed by atoms with E-state index in [9.17, 15) is 23.3 Å². The van der Waals surface area contributed by atoms with Gasteiger partial charge in [-0.2, -0.15) is 13.2 Å². The Labute approximate surface area is 101 Å². The summed E-state index contributed by atoms with van der Waals surface area (Å²) >= 11 is 0. The van der Waals surface area contributed by atoms with Gasteiger partial charge in [0.15, 0.2) is 0 Å². The number of nitrogens with two attached hydrogens (primary N) is 1. The Kier molecular flexibility index (Phi) is 4.12. The van der Waals surface area contributed by atoms with Crippen molar-refractivity contribution in [1.82, 2.24) is 0 Å². The minimum absolute atomic E-state index is 0.0188. The maximum absolute atomic E-state index is 12.4. The standard InChI is InChI=1S/C10H12F3N3O2/c1-6(14)5-15-8-3-2-7(10(11,12)13)4-9(8)16(17)18/h2-4,6,15H,5,14H2,1H3. The lowest BCUT2D eigenvalue weighted by molar-refractivity contribution is -0.384. The van der Waals surface area contributed by atoms with Crippen LogP contribution in [-0.2, 0) is 6.18 Å². The highest BCUT2D eigenvalue weighted by Gasteiger charge is 2.32. The molecule has 1 atom stereocenters. The molecule has 1 rings (SSSR count). The van der Waals surface area contributed by atoms with Gasteiger partial charge in [0.1, 0.15) is 5.69 Å². The Morgan fingerprint density at radius 2 is 2.11 bits per heavy atom. The number of halogens is 3. The molecule has 0 aliphatic carbocycles. The second kappa shape index (κ2) is 5.21. The van der Waals surface area contributed by atoms with Gasteiger partial charge in [-0.25, -0.2) is 0 Å². The zero-order chi connectivity index (χ0) is 13.9. The van der Waals surface area contributed by atoms with Crippen LogP contribution in [-0.4, -0.2) is 17.5 Å². The van der Waals surface area contributed by atoms with Crippen molar-refractivity contribution in [2.24, 2.45) is 5.73 Å². The molecule has 0 amide bonds. The first-order valence-corrected chi connectivity index (χ1v) is 5.07. The van der Waals surface area contributed by atoms with Crippen molar-refractivity contribution in [2.75, 3.05) is 11.9 Å². The lowest BCUT2D eigenvalue weighted by Gasteiger charge is -2.11. The summed E-state index contributed by atoms with van der Waals surface area (Å²) in [7, 11) is 0. The number of nitro groups is 1. The fraction of sp³-hybridized carbons (Fsp3) is 0.400. The van der Waals surface area contributed by atoms with Crippen molar-refractivity contribution in [3.8, 4) is 0 Å². The number of hydrogen-bond acceptors (Lipinski definition) is 4. The van der Waals surface area contributed by atoms with E-state index in [1.54, 1.807) is 6.92 Å². The van der Waals surface area contributed by atoms with Crippen LogP contribution in [0.4, 0.5) is 24.5 Å². The van der Waals surface area contributed by atoms with E-state index in [2.05, 4.69) is 5.32 Å². The number of nitrogens with zero attached hydrogens (tertiary/aromatic N) is 1. The first-order chi connectivity index (χ1) is 8.21. The molecule has 0 spiro atoms. The number of anilines is 1. The lowest BCUT2D eigenvalue weighted by Crippen LogP contribution is -2.25. The zero-order valence-corrected chi connectivity index (χ0v) is 9.49. The molecule has 0 aliphatic heterocycles. The van der Waals surface area contributed by atoms with Gasteiger partial charge >= 0.3 is 6.18 Å². The number of benzene rings is 1. The summed E-state index contributed by atoms with van der Waals surface area (Å²) in [5.41, 5.74) is 3.80. The smallest absolute Gasteiger partial charge is 0.378 e. The fourth-order valence-corrected chi connectivity index (χ4v) is 1.28. The van der Waals surface area contributed by atoms with E-state index in [0.717, 1.165) is 12.1 Å².